The van der Waals surface area contributed by atoms with Crippen LogP contribution in [-0.2, 0) is 20.5 Å². The monoisotopic (exact) mass is 438 g/mol. The molecular formula is C23H38N2O4S. The molecule has 6 nitrogen and oxygen atoms in total. The number of likely N-dealkylation sites (N-methyl/N-ethyl adjacent to an activating group) is 2. The lowest BCUT2D eigenvalue weighted by atomic mass is 9.84. The first-order valence-electron chi connectivity index (χ1n) is 10.9. The number of methoxy groups -OCH3 is 1. The van der Waals surface area contributed by atoms with Gasteiger partial charge in [-0.05, 0) is 62.8 Å². The summed E-state index contributed by atoms with van der Waals surface area (Å²) < 4.78 is 25.6. The maximum atomic E-state index is 13.0. The molecule has 1 aliphatic rings. The molecule has 30 heavy (non-hydrogen) atoms. The van der Waals surface area contributed by atoms with E-state index in [-0.39, 0.29) is 18.6 Å². The van der Waals surface area contributed by atoms with Gasteiger partial charge in [-0.3, -0.25) is 4.79 Å². The largest absolute Gasteiger partial charge is 0.497 e. The Bertz CT molecular complexity index is 711. The van der Waals surface area contributed by atoms with Crippen LogP contribution in [0.5, 0.6) is 5.75 Å². The number of carbonyl (C=O) groups is 1. The van der Waals surface area contributed by atoms with E-state index >= 15 is 0 Å². The molecule has 170 valence electrons. The molecule has 0 spiro atoms. The normalized spacial score (nSPS) is 17.0. The molecule has 1 amide bonds. The maximum Gasteiger partial charge on any atom is 0.248 e. The molecule has 2 atom stereocenters. The van der Waals surface area contributed by atoms with Gasteiger partial charge in [-0.1, -0.05) is 19.3 Å². The van der Waals surface area contributed by atoms with Gasteiger partial charge in [0.1, 0.15) is 23.3 Å². The number of nitrogens with zero attached hydrogens (tertiary/aromatic N) is 2. The zero-order chi connectivity index (χ0) is 22.3. The van der Waals surface area contributed by atoms with Gasteiger partial charge in [-0.25, -0.2) is 8.51 Å². The second kappa shape index (κ2) is 11.8. The molecule has 0 bridgehead atoms. The molecule has 0 aliphatic heterocycles. The van der Waals surface area contributed by atoms with E-state index in [1.807, 2.05) is 45.0 Å². The Labute approximate surface area is 184 Å². The second-order valence-electron chi connectivity index (χ2n) is 8.39. The Morgan fingerprint density at radius 1 is 1.17 bits per heavy atom. The van der Waals surface area contributed by atoms with E-state index in [9.17, 15) is 9.00 Å². The Balaban J connectivity index is 1.79. The van der Waals surface area contributed by atoms with Gasteiger partial charge in [-0.15, -0.1) is 0 Å². The van der Waals surface area contributed by atoms with Crippen LogP contribution in [0.2, 0.25) is 0 Å². The van der Waals surface area contributed by atoms with Gasteiger partial charge < -0.3 is 14.4 Å². The number of hydrogen-bond donors (Lipinski definition) is 0. The molecule has 0 heterocycles. The summed E-state index contributed by atoms with van der Waals surface area (Å²) in [6, 6.07) is 4.04. The van der Waals surface area contributed by atoms with Crippen molar-refractivity contribution in [2.24, 2.45) is 5.92 Å². The lowest BCUT2D eigenvalue weighted by molar-refractivity contribution is -0.137. The molecule has 2 unspecified atom stereocenters. The molecule has 1 aliphatic carbocycles. The van der Waals surface area contributed by atoms with E-state index in [4.69, 9.17) is 9.47 Å². The van der Waals surface area contributed by atoms with Crippen molar-refractivity contribution in [3.05, 3.63) is 23.3 Å². The van der Waals surface area contributed by atoms with Gasteiger partial charge in [-0.2, -0.15) is 0 Å². The van der Waals surface area contributed by atoms with E-state index in [1.54, 1.807) is 11.4 Å². The molecule has 0 radical (unpaired) electrons. The van der Waals surface area contributed by atoms with Gasteiger partial charge >= 0.3 is 0 Å². The van der Waals surface area contributed by atoms with Gasteiger partial charge in [0, 0.05) is 26.7 Å². The summed E-state index contributed by atoms with van der Waals surface area (Å²) in [6.07, 6.45) is 6.27. The van der Waals surface area contributed by atoms with Crippen LogP contribution in [0.25, 0.3) is 0 Å². The van der Waals surface area contributed by atoms with E-state index in [2.05, 4.69) is 6.92 Å². The van der Waals surface area contributed by atoms with Crippen molar-refractivity contribution >= 4 is 16.9 Å². The molecule has 0 N–H and O–H groups in total. The SMILES string of the molecule is COc1cc(C)c(S(=O)N(C)CCOCC(=O)N(C)C(C)C2CCCCC2)c(C)c1. The van der Waals surface area contributed by atoms with E-state index in [0.717, 1.165) is 21.8 Å². The summed E-state index contributed by atoms with van der Waals surface area (Å²) in [5.41, 5.74) is 1.87. The van der Waals surface area contributed by atoms with E-state index in [0.29, 0.717) is 19.1 Å². The molecule has 1 aromatic carbocycles. The van der Waals surface area contributed by atoms with Crippen LogP contribution in [0, 0.1) is 19.8 Å². The molecule has 2 rings (SSSR count). The van der Waals surface area contributed by atoms with Crippen LogP contribution in [0.3, 0.4) is 0 Å². The van der Waals surface area contributed by atoms with Crippen molar-refractivity contribution in [3.8, 4) is 5.75 Å². The van der Waals surface area contributed by atoms with Crippen molar-refractivity contribution in [1.29, 1.82) is 0 Å². The van der Waals surface area contributed by atoms with Crippen molar-refractivity contribution in [3.63, 3.8) is 0 Å². The topological polar surface area (TPSA) is 59.1 Å². The fourth-order valence-electron chi connectivity index (χ4n) is 4.16. The Kier molecular flexibility index (Phi) is 9.78. The minimum absolute atomic E-state index is 0.0127. The van der Waals surface area contributed by atoms with Gasteiger partial charge in [0.25, 0.3) is 0 Å². The summed E-state index contributed by atoms with van der Waals surface area (Å²) in [5.74, 6) is 1.37. The molecule has 1 saturated carbocycles. The van der Waals surface area contributed by atoms with Crippen molar-refractivity contribution in [2.45, 2.75) is 63.8 Å². The summed E-state index contributed by atoms with van der Waals surface area (Å²) in [6.45, 7) is 6.92. The van der Waals surface area contributed by atoms with Crippen LogP contribution >= 0.6 is 0 Å². The third-order valence-corrected chi connectivity index (χ3v) is 7.98. The summed E-state index contributed by atoms with van der Waals surface area (Å²) in [5, 5.41) is 0. The number of amides is 1. The van der Waals surface area contributed by atoms with Crippen LogP contribution in [0.4, 0.5) is 0 Å². The van der Waals surface area contributed by atoms with Crippen LogP contribution in [0.15, 0.2) is 17.0 Å². The Morgan fingerprint density at radius 3 is 2.33 bits per heavy atom. The van der Waals surface area contributed by atoms with E-state index in [1.165, 1.54) is 32.1 Å². The third kappa shape index (κ3) is 6.53. The smallest absolute Gasteiger partial charge is 0.248 e. The fourth-order valence-corrected chi connectivity index (χ4v) is 5.38. The molecule has 7 heteroatoms. The minimum Gasteiger partial charge on any atom is -0.497 e. The average molecular weight is 439 g/mol. The van der Waals surface area contributed by atoms with Crippen LogP contribution < -0.4 is 4.74 Å². The quantitative estimate of drug-likeness (QED) is 0.523. The van der Waals surface area contributed by atoms with Crippen LogP contribution in [-0.4, -0.2) is 66.3 Å². The Hall–Kier alpha value is -1.44. The summed E-state index contributed by atoms with van der Waals surface area (Å²) in [7, 11) is 4.02. The molecule has 0 saturated heterocycles. The number of carbonyl (C=O) groups excluding carboxylic acids is 1. The van der Waals surface area contributed by atoms with Crippen LogP contribution in [0.1, 0.15) is 50.2 Å². The summed E-state index contributed by atoms with van der Waals surface area (Å²) >= 11 is 0. The highest BCUT2D eigenvalue weighted by atomic mass is 32.2. The molecule has 0 aromatic heterocycles. The lowest BCUT2D eigenvalue weighted by Gasteiger charge is -2.34. The third-order valence-electron chi connectivity index (χ3n) is 6.24. The number of rotatable bonds is 10. The number of ether oxygens (including phenoxy) is 2. The highest BCUT2D eigenvalue weighted by Crippen LogP contribution is 2.28. The summed E-state index contributed by atoms with van der Waals surface area (Å²) in [4.78, 5) is 15.1. The average Bonchev–Trinajstić information content (AvgIpc) is 2.75. The number of hydrogen-bond acceptors (Lipinski definition) is 4. The maximum absolute atomic E-state index is 13.0. The number of aryl methyl sites for hydroxylation is 2. The molecular weight excluding hydrogens is 400 g/mol. The predicted molar refractivity (Wildman–Crippen MR) is 121 cm³/mol. The second-order valence-corrected chi connectivity index (χ2v) is 9.92. The highest BCUT2D eigenvalue weighted by molar-refractivity contribution is 7.82. The first-order valence-corrected chi connectivity index (χ1v) is 12.0. The minimum atomic E-state index is -1.29. The first-order chi connectivity index (χ1) is 14.3. The molecule has 1 aromatic rings. The van der Waals surface area contributed by atoms with Gasteiger partial charge in [0.2, 0.25) is 5.91 Å². The lowest BCUT2D eigenvalue weighted by Crippen LogP contribution is -2.42. The fraction of sp³-hybridized carbons (Fsp3) is 0.696. The zero-order valence-electron chi connectivity index (χ0n) is 19.4. The Morgan fingerprint density at radius 2 is 1.77 bits per heavy atom. The van der Waals surface area contributed by atoms with Gasteiger partial charge in [0.05, 0.1) is 18.6 Å². The standard InChI is InChI=1S/C23H38N2O4S/c1-17-14-21(28-6)15-18(2)23(17)30(27)24(4)12-13-29-16-22(26)25(5)19(3)20-10-8-7-9-11-20/h14-15,19-20H,7-13,16H2,1-6H3. The predicted octanol–water partition coefficient (Wildman–Crippen LogP) is 3.71. The highest BCUT2D eigenvalue weighted by Gasteiger charge is 2.26. The van der Waals surface area contributed by atoms with Crippen molar-refractivity contribution in [1.82, 2.24) is 9.21 Å². The number of benzene rings is 1. The van der Waals surface area contributed by atoms with Gasteiger partial charge in [0.15, 0.2) is 0 Å². The first kappa shape index (κ1) is 24.8. The van der Waals surface area contributed by atoms with E-state index < -0.39 is 11.0 Å². The van der Waals surface area contributed by atoms with Crippen molar-refractivity contribution < 1.29 is 18.5 Å². The zero-order valence-corrected chi connectivity index (χ0v) is 20.2. The molecule has 1 fully saturated rings. The van der Waals surface area contributed by atoms with Crippen molar-refractivity contribution in [2.75, 3.05) is 41.0 Å².